The summed E-state index contributed by atoms with van der Waals surface area (Å²) >= 11 is 6.72. The maximum atomic E-state index is 13.8. The van der Waals surface area contributed by atoms with Gasteiger partial charge in [-0.15, -0.1) is 0 Å². The van der Waals surface area contributed by atoms with Gasteiger partial charge in [-0.1, -0.05) is 44.7 Å². The zero-order chi connectivity index (χ0) is 25.5. The predicted octanol–water partition coefficient (Wildman–Crippen LogP) is 4.39. The summed E-state index contributed by atoms with van der Waals surface area (Å²) < 4.78 is 17.9. The highest BCUT2D eigenvalue weighted by Gasteiger charge is 2.29. The van der Waals surface area contributed by atoms with E-state index in [1.807, 2.05) is 13.8 Å². The van der Waals surface area contributed by atoms with Crippen molar-refractivity contribution in [2.45, 2.75) is 58.4 Å². The lowest BCUT2D eigenvalue weighted by molar-refractivity contribution is -0.119. The first-order chi connectivity index (χ1) is 16.7. The van der Waals surface area contributed by atoms with Gasteiger partial charge in [0.05, 0.1) is 10.7 Å². The molecule has 190 valence electrons. The van der Waals surface area contributed by atoms with Crippen LogP contribution in [0.2, 0.25) is 5.02 Å². The summed E-state index contributed by atoms with van der Waals surface area (Å²) in [4.78, 5) is 40.0. The molecule has 1 aromatic heterocycles. The second-order valence-electron chi connectivity index (χ2n) is 9.10. The van der Waals surface area contributed by atoms with E-state index >= 15 is 0 Å². The molecule has 0 bridgehead atoms. The maximum Gasteiger partial charge on any atom is 0.273 e. The smallest absolute Gasteiger partial charge is 0.273 e. The maximum absolute atomic E-state index is 13.8. The largest absolute Gasteiger partial charge is 0.395 e. The number of hydrogen-bond donors (Lipinski definition) is 3. The SMILES string of the molecule is CC(C)CCNC(=O)CN(C(=O)c1snc(C(=O)NC2CCCCC2)c1N)c1ccc(F)c(Cl)c1. The number of aromatic nitrogens is 1. The Morgan fingerprint density at radius 2 is 1.97 bits per heavy atom. The second-order valence-corrected chi connectivity index (χ2v) is 10.3. The fourth-order valence-electron chi connectivity index (χ4n) is 3.87. The van der Waals surface area contributed by atoms with Gasteiger partial charge in [0.25, 0.3) is 11.8 Å². The molecule has 8 nitrogen and oxygen atoms in total. The van der Waals surface area contributed by atoms with Gasteiger partial charge in [-0.25, -0.2) is 4.39 Å². The molecule has 3 rings (SSSR count). The number of amides is 3. The lowest BCUT2D eigenvalue weighted by Crippen LogP contribution is -2.41. The Balaban J connectivity index is 1.81. The molecule has 11 heteroatoms. The Morgan fingerprint density at radius 3 is 2.63 bits per heavy atom. The van der Waals surface area contributed by atoms with E-state index in [0.717, 1.165) is 61.0 Å². The topological polar surface area (TPSA) is 117 Å². The molecule has 0 aliphatic heterocycles. The molecule has 3 amide bonds. The van der Waals surface area contributed by atoms with Crippen molar-refractivity contribution in [3.05, 3.63) is 39.6 Å². The third-order valence-electron chi connectivity index (χ3n) is 5.88. The monoisotopic (exact) mass is 523 g/mol. The molecular weight excluding hydrogens is 493 g/mol. The highest BCUT2D eigenvalue weighted by Crippen LogP contribution is 2.29. The minimum absolute atomic E-state index is 0.0117. The lowest BCUT2D eigenvalue weighted by Gasteiger charge is -2.23. The van der Waals surface area contributed by atoms with Crippen molar-refractivity contribution in [1.82, 2.24) is 15.0 Å². The number of benzene rings is 1. The number of carbonyl (C=O) groups is 3. The molecular formula is C24H31ClFN5O3S. The average molecular weight is 524 g/mol. The van der Waals surface area contributed by atoms with Crippen molar-refractivity contribution in [3.8, 4) is 0 Å². The van der Waals surface area contributed by atoms with Gasteiger partial charge in [-0.05, 0) is 54.9 Å². The molecule has 1 saturated carbocycles. The molecule has 1 aromatic carbocycles. The second kappa shape index (κ2) is 12.3. The molecule has 2 aromatic rings. The number of hydrogen-bond acceptors (Lipinski definition) is 6. The van der Waals surface area contributed by atoms with Gasteiger partial charge in [0, 0.05) is 18.3 Å². The fourth-order valence-corrected chi connectivity index (χ4v) is 4.79. The first kappa shape index (κ1) is 26.9. The Bertz CT molecular complexity index is 1070. The Kier molecular flexibility index (Phi) is 9.45. The van der Waals surface area contributed by atoms with Gasteiger partial charge in [0.1, 0.15) is 17.2 Å². The van der Waals surface area contributed by atoms with Crippen LogP contribution in [0.1, 0.15) is 72.5 Å². The molecule has 0 radical (unpaired) electrons. The van der Waals surface area contributed by atoms with E-state index < -0.39 is 23.5 Å². The number of carbonyl (C=O) groups excluding carboxylic acids is 3. The van der Waals surface area contributed by atoms with Crippen molar-refractivity contribution >= 4 is 52.2 Å². The summed E-state index contributed by atoms with van der Waals surface area (Å²) in [6.45, 7) is 4.20. The van der Waals surface area contributed by atoms with Crippen LogP contribution >= 0.6 is 23.1 Å². The summed E-state index contributed by atoms with van der Waals surface area (Å²) in [6, 6.07) is 3.80. The Labute approximate surface area is 213 Å². The van der Waals surface area contributed by atoms with Crippen molar-refractivity contribution in [2.75, 3.05) is 23.7 Å². The minimum atomic E-state index is -0.650. The van der Waals surface area contributed by atoms with Crippen LogP contribution in [0.3, 0.4) is 0 Å². The van der Waals surface area contributed by atoms with E-state index in [1.165, 1.54) is 12.1 Å². The minimum Gasteiger partial charge on any atom is -0.395 e. The zero-order valence-corrected chi connectivity index (χ0v) is 21.5. The number of nitrogens with one attached hydrogen (secondary N) is 2. The van der Waals surface area contributed by atoms with E-state index in [4.69, 9.17) is 17.3 Å². The summed E-state index contributed by atoms with van der Waals surface area (Å²) in [5.74, 6) is -1.69. The van der Waals surface area contributed by atoms with Gasteiger partial charge in [0.15, 0.2) is 5.69 Å². The number of nitrogens with zero attached hydrogens (tertiary/aromatic N) is 2. The van der Waals surface area contributed by atoms with Gasteiger partial charge in [-0.2, -0.15) is 4.37 Å². The van der Waals surface area contributed by atoms with Gasteiger partial charge in [0.2, 0.25) is 5.91 Å². The summed E-state index contributed by atoms with van der Waals surface area (Å²) in [5, 5.41) is 5.54. The van der Waals surface area contributed by atoms with E-state index in [-0.39, 0.29) is 39.6 Å². The zero-order valence-electron chi connectivity index (χ0n) is 19.9. The highest BCUT2D eigenvalue weighted by atomic mass is 35.5. The average Bonchev–Trinajstić information content (AvgIpc) is 3.20. The van der Waals surface area contributed by atoms with Gasteiger partial charge >= 0.3 is 0 Å². The van der Waals surface area contributed by atoms with Crippen LogP contribution in [0, 0.1) is 11.7 Å². The predicted molar refractivity (Wildman–Crippen MR) is 136 cm³/mol. The molecule has 1 fully saturated rings. The van der Waals surface area contributed by atoms with Crippen LogP contribution in [0.25, 0.3) is 0 Å². The molecule has 0 atom stereocenters. The highest BCUT2D eigenvalue weighted by molar-refractivity contribution is 7.09. The van der Waals surface area contributed by atoms with Crippen molar-refractivity contribution in [3.63, 3.8) is 0 Å². The summed E-state index contributed by atoms with van der Waals surface area (Å²) in [5.41, 5.74) is 6.34. The Hall–Kier alpha value is -2.72. The van der Waals surface area contributed by atoms with Crippen LogP contribution in [0.4, 0.5) is 15.8 Å². The summed E-state index contributed by atoms with van der Waals surface area (Å²) in [6.07, 6.45) is 5.83. The van der Waals surface area contributed by atoms with Crippen LogP contribution in [0.15, 0.2) is 18.2 Å². The van der Waals surface area contributed by atoms with E-state index in [2.05, 4.69) is 15.0 Å². The van der Waals surface area contributed by atoms with Crippen LogP contribution in [0.5, 0.6) is 0 Å². The molecule has 1 aliphatic carbocycles. The number of halogens is 2. The van der Waals surface area contributed by atoms with Crippen LogP contribution in [-0.4, -0.2) is 41.2 Å². The van der Waals surface area contributed by atoms with E-state index in [0.29, 0.717) is 12.5 Å². The van der Waals surface area contributed by atoms with Crippen molar-refractivity contribution in [2.24, 2.45) is 5.92 Å². The number of nitrogens with two attached hydrogens (primary N) is 1. The normalized spacial score (nSPS) is 14.1. The molecule has 0 unspecified atom stereocenters. The van der Waals surface area contributed by atoms with E-state index in [1.54, 1.807) is 0 Å². The van der Waals surface area contributed by atoms with Gasteiger partial charge < -0.3 is 16.4 Å². The Morgan fingerprint density at radius 1 is 1.26 bits per heavy atom. The quantitative estimate of drug-likeness (QED) is 0.450. The number of rotatable bonds is 9. The fraction of sp³-hybridized carbons (Fsp3) is 0.500. The van der Waals surface area contributed by atoms with Gasteiger partial charge in [-0.3, -0.25) is 19.3 Å². The van der Waals surface area contributed by atoms with E-state index in [9.17, 15) is 18.8 Å². The van der Waals surface area contributed by atoms with Crippen molar-refractivity contribution < 1.29 is 18.8 Å². The molecule has 4 N–H and O–H groups in total. The first-order valence-corrected chi connectivity index (χ1v) is 12.9. The number of nitrogen functional groups attached to an aromatic ring is 1. The number of anilines is 2. The van der Waals surface area contributed by atoms with Crippen LogP contribution < -0.4 is 21.3 Å². The standard InChI is InChI=1S/C24H31ClFN5O3S/c1-14(2)10-11-28-19(32)13-31(16-8-9-18(26)17(25)12-16)24(34)22-20(27)21(30-35-22)23(33)29-15-6-4-3-5-7-15/h8-9,12,14-15H,3-7,10-11,13,27H2,1-2H3,(H,28,32)(H,29,33). The van der Waals surface area contributed by atoms with Crippen molar-refractivity contribution in [1.29, 1.82) is 0 Å². The molecule has 0 spiro atoms. The van der Waals surface area contributed by atoms with Crippen LogP contribution in [-0.2, 0) is 4.79 Å². The third kappa shape index (κ3) is 7.14. The summed E-state index contributed by atoms with van der Waals surface area (Å²) in [7, 11) is 0. The first-order valence-electron chi connectivity index (χ1n) is 11.8. The molecule has 35 heavy (non-hydrogen) atoms. The molecule has 1 heterocycles. The third-order valence-corrected chi connectivity index (χ3v) is 7.02. The lowest BCUT2D eigenvalue weighted by atomic mass is 9.95. The molecule has 1 aliphatic rings. The molecule has 0 saturated heterocycles.